The lowest BCUT2D eigenvalue weighted by Crippen LogP contribution is -2.04. The molecule has 3 aromatic rings. The van der Waals surface area contributed by atoms with E-state index in [-0.39, 0.29) is 12.2 Å². The summed E-state index contributed by atoms with van der Waals surface area (Å²) < 4.78 is 5.77. The minimum atomic E-state index is -0.00520. The fraction of sp³-hybridized carbons (Fsp3) is 0.0870. The number of ether oxygens (including phenoxy) is 1. The van der Waals surface area contributed by atoms with Gasteiger partial charge in [0.2, 0.25) is 0 Å². The predicted octanol–water partition coefficient (Wildman–Crippen LogP) is 5.11. The van der Waals surface area contributed by atoms with E-state index < -0.39 is 0 Å². The van der Waals surface area contributed by atoms with Crippen LogP contribution in [0.1, 0.15) is 27.0 Å². The summed E-state index contributed by atoms with van der Waals surface area (Å²) in [5.74, 6) is 0.614. The molecule has 0 fully saturated rings. The van der Waals surface area contributed by atoms with Crippen molar-refractivity contribution in [2.45, 2.75) is 13.0 Å². The Balaban J connectivity index is 1.64. The second-order valence-corrected chi connectivity index (χ2v) is 6.00. The van der Waals surface area contributed by atoms with Crippen LogP contribution in [0.2, 0.25) is 0 Å². The Labute approximate surface area is 158 Å². The number of nitriles is 1. The first-order valence-corrected chi connectivity index (χ1v) is 8.39. The number of benzene rings is 3. The summed E-state index contributed by atoms with van der Waals surface area (Å²) in [6.45, 7) is 7.33. The molecule has 130 valence electrons. The molecule has 0 unspecified atom stereocenters. The summed E-state index contributed by atoms with van der Waals surface area (Å²) in [5, 5.41) is 8.82. The van der Waals surface area contributed by atoms with Crippen LogP contribution in [0, 0.1) is 17.9 Å². The standard InChI is InChI=1S/C23H16N2O2/c1-25-21-11-9-17(10-12-21)13-23(26)20-3-2-4-22(14-20)27-16-19-7-5-18(15-24)6-8-19/h2-12,14H,13,16H2. The molecular weight excluding hydrogens is 336 g/mol. The minimum Gasteiger partial charge on any atom is -0.489 e. The van der Waals surface area contributed by atoms with E-state index >= 15 is 0 Å². The number of rotatable bonds is 6. The van der Waals surface area contributed by atoms with Crippen LogP contribution in [-0.4, -0.2) is 5.78 Å². The van der Waals surface area contributed by atoms with Gasteiger partial charge in [-0.2, -0.15) is 5.26 Å². The maximum atomic E-state index is 12.5. The monoisotopic (exact) mass is 352 g/mol. The van der Waals surface area contributed by atoms with Crippen molar-refractivity contribution in [2.75, 3.05) is 0 Å². The fourth-order valence-electron chi connectivity index (χ4n) is 2.58. The Morgan fingerprint density at radius 1 is 1.00 bits per heavy atom. The Bertz CT molecular complexity index is 1020. The van der Waals surface area contributed by atoms with Crippen molar-refractivity contribution in [2.24, 2.45) is 0 Å². The third-order valence-electron chi connectivity index (χ3n) is 4.07. The van der Waals surface area contributed by atoms with Gasteiger partial charge in [0.25, 0.3) is 0 Å². The van der Waals surface area contributed by atoms with E-state index in [0.717, 1.165) is 11.1 Å². The number of Topliss-reactive ketones (excluding diaryl/α,β-unsaturated/α-hetero) is 1. The molecule has 0 aromatic heterocycles. The van der Waals surface area contributed by atoms with E-state index in [1.54, 1.807) is 54.6 Å². The van der Waals surface area contributed by atoms with E-state index in [9.17, 15) is 4.79 Å². The molecule has 0 N–H and O–H groups in total. The third kappa shape index (κ3) is 4.81. The van der Waals surface area contributed by atoms with Gasteiger partial charge in [0.05, 0.1) is 18.2 Å². The van der Waals surface area contributed by atoms with Crippen LogP contribution in [0.15, 0.2) is 72.8 Å². The van der Waals surface area contributed by atoms with Crippen molar-refractivity contribution in [3.8, 4) is 11.8 Å². The highest BCUT2D eigenvalue weighted by Gasteiger charge is 2.09. The summed E-state index contributed by atoms with van der Waals surface area (Å²) in [5.41, 5.74) is 3.57. The molecule has 4 heteroatoms. The number of carbonyl (C=O) groups is 1. The average Bonchev–Trinajstić information content (AvgIpc) is 2.73. The normalized spacial score (nSPS) is 9.85. The summed E-state index contributed by atoms with van der Waals surface area (Å²) in [6.07, 6.45) is 0.275. The maximum absolute atomic E-state index is 12.5. The molecule has 0 bridgehead atoms. The van der Waals surface area contributed by atoms with Gasteiger partial charge < -0.3 is 4.74 Å². The first-order chi connectivity index (χ1) is 13.2. The molecule has 0 aliphatic rings. The number of ketones is 1. The van der Waals surface area contributed by atoms with Crippen molar-refractivity contribution < 1.29 is 9.53 Å². The van der Waals surface area contributed by atoms with Gasteiger partial charge >= 0.3 is 0 Å². The largest absolute Gasteiger partial charge is 0.489 e. The molecular formula is C23H16N2O2. The first-order valence-electron chi connectivity index (χ1n) is 8.39. The zero-order chi connectivity index (χ0) is 19.1. The second-order valence-electron chi connectivity index (χ2n) is 6.00. The molecule has 0 saturated heterocycles. The Morgan fingerprint density at radius 2 is 1.70 bits per heavy atom. The third-order valence-corrected chi connectivity index (χ3v) is 4.07. The van der Waals surface area contributed by atoms with Crippen LogP contribution in [0.3, 0.4) is 0 Å². The molecule has 0 heterocycles. The summed E-state index contributed by atoms with van der Waals surface area (Å²) >= 11 is 0. The van der Waals surface area contributed by atoms with Crippen molar-refractivity contribution in [3.63, 3.8) is 0 Å². The van der Waals surface area contributed by atoms with Gasteiger partial charge in [-0.15, -0.1) is 0 Å². The molecule has 0 saturated carbocycles. The predicted molar refractivity (Wildman–Crippen MR) is 103 cm³/mol. The maximum Gasteiger partial charge on any atom is 0.187 e. The quantitative estimate of drug-likeness (QED) is 0.457. The highest BCUT2D eigenvalue weighted by Crippen LogP contribution is 2.18. The van der Waals surface area contributed by atoms with Gasteiger partial charge in [0, 0.05) is 12.0 Å². The van der Waals surface area contributed by atoms with E-state index in [2.05, 4.69) is 10.9 Å². The SMILES string of the molecule is [C-]#[N+]c1ccc(CC(=O)c2cccc(OCc3ccc(C#N)cc3)c2)cc1. The Hall–Kier alpha value is -3.89. The van der Waals surface area contributed by atoms with Gasteiger partial charge in [0.1, 0.15) is 12.4 Å². The van der Waals surface area contributed by atoms with E-state index in [1.807, 2.05) is 18.2 Å². The van der Waals surface area contributed by atoms with Crippen molar-refractivity contribution in [1.29, 1.82) is 5.26 Å². The molecule has 0 radical (unpaired) electrons. The molecule has 0 atom stereocenters. The molecule has 0 aliphatic carbocycles. The van der Waals surface area contributed by atoms with Gasteiger partial charge in [0.15, 0.2) is 11.5 Å². The first kappa shape index (κ1) is 17.9. The van der Waals surface area contributed by atoms with Gasteiger partial charge in [-0.3, -0.25) is 4.79 Å². The Kier molecular flexibility index (Phi) is 5.62. The average molecular weight is 352 g/mol. The number of hydrogen-bond acceptors (Lipinski definition) is 3. The molecule has 0 spiro atoms. The Morgan fingerprint density at radius 3 is 2.37 bits per heavy atom. The summed E-state index contributed by atoms with van der Waals surface area (Å²) in [6, 6.07) is 23.4. The van der Waals surface area contributed by atoms with Crippen molar-refractivity contribution >= 4 is 11.5 Å². The van der Waals surface area contributed by atoms with Crippen LogP contribution in [0.25, 0.3) is 4.85 Å². The summed E-state index contributed by atoms with van der Waals surface area (Å²) in [7, 11) is 0. The van der Waals surface area contributed by atoms with Crippen LogP contribution >= 0.6 is 0 Å². The van der Waals surface area contributed by atoms with Crippen LogP contribution < -0.4 is 4.74 Å². The van der Waals surface area contributed by atoms with E-state index in [0.29, 0.717) is 29.2 Å². The lowest BCUT2D eigenvalue weighted by molar-refractivity contribution is 0.0992. The highest BCUT2D eigenvalue weighted by molar-refractivity contribution is 5.97. The van der Waals surface area contributed by atoms with Gasteiger partial charge in [-0.05, 0) is 35.4 Å². The van der Waals surface area contributed by atoms with E-state index in [1.165, 1.54) is 0 Å². The van der Waals surface area contributed by atoms with Crippen LogP contribution in [0.4, 0.5) is 5.69 Å². The van der Waals surface area contributed by atoms with Gasteiger partial charge in [-0.1, -0.05) is 48.5 Å². The topological polar surface area (TPSA) is 54.5 Å². The second kappa shape index (κ2) is 8.47. The van der Waals surface area contributed by atoms with Crippen LogP contribution in [-0.2, 0) is 13.0 Å². The highest BCUT2D eigenvalue weighted by atomic mass is 16.5. The lowest BCUT2D eigenvalue weighted by Gasteiger charge is -2.08. The molecule has 0 aliphatic heterocycles. The molecule has 3 rings (SSSR count). The van der Waals surface area contributed by atoms with Gasteiger partial charge in [-0.25, -0.2) is 4.85 Å². The number of carbonyl (C=O) groups excluding carboxylic acids is 1. The molecule has 27 heavy (non-hydrogen) atoms. The van der Waals surface area contributed by atoms with Crippen molar-refractivity contribution in [1.82, 2.24) is 0 Å². The lowest BCUT2D eigenvalue weighted by atomic mass is 10.0. The summed E-state index contributed by atoms with van der Waals surface area (Å²) in [4.78, 5) is 15.9. The minimum absolute atomic E-state index is 0.00520. The molecule has 4 nitrogen and oxygen atoms in total. The number of hydrogen-bond donors (Lipinski definition) is 0. The van der Waals surface area contributed by atoms with E-state index in [4.69, 9.17) is 16.6 Å². The van der Waals surface area contributed by atoms with Crippen LogP contribution in [0.5, 0.6) is 5.75 Å². The van der Waals surface area contributed by atoms with Crippen molar-refractivity contribution in [3.05, 3.63) is 106 Å². The zero-order valence-corrected chi connectivity index (χ0v) is 14.6. The number of nitrogens with zero attached hydrogens (tertiary/aromatic N) is 2. The zero-order valence-electron chi connectivity index (χ0n) is 14.6. The smallest absolute Gasteiger partial charge is 0.187 e. The molecule has 3 aromatic carbocycles. The molecule has 0 amide bonds. The fourth-order valence-corrected chi connectivity index (χ4v) is 2.58.